The standard InChI is InChI=1S/C16H20O2P2.C14H14N2.2ClH.Ru/c1-17-11-7-5-9-13(19-3)15(11)16-12(18-2)8-6-10-14(16)20-4;15-13(11-7-3-1-4-8-11)14(16)12-9-5-2-6-10-12;;;/h5-10,19-20H,1-4H3;1-10,13-16H;2*1H;/q;-2;;;+4/p-2/t;13-,14-;;;/m.1.../s1. The van der Waals surface area contributed by atoms with Gasteiger partial charge in [0.05, 0.1) is 14.2 Å². The maximum absolute atomic E-state index is 8.07. The first-order chi connectivity index (χ1) is 19.0. The molecule has 4 nitrogen and oxygen atoms in total. The van der Waals surface area contributed by atoms with Crippen molar-refractivity contribution in [2.45, 2.75) is 12.1 Å². The number of hydrogen-bond acceptors (Lipinski definition) is 2. The van der Waals surface area contributed by atoms with E-state index in [0.717, 1.165) is 22.6 Å². The van der Waals surface area contributed by atoms with Crippen molar-refractivity contribution in [3.63, 3.8) is 0 Å². The molecule has 4 atom stereocenters. The van der Waals surface area contributed by atoms with Crippen LogP contribution in [-0.2, 0) is 15.1 Å². The Kier molecular flexibility index (Phi) is 16.2. The van der Waals surface area contributed by atoms with E-state index in [2.05, 4.69) is 37.6 Å². The molecule has 0 bridgehead atoms. The molecule has 0 radical (unpaired) electrons. The molecule has 9 heteroatoms. The molecule has 4 rings (SSSR count). The summed E-state index contributed by atoms with van der Waals surface area (Å²) in [5, 5.41) is 2.63. The fraction of sp³-hybridized carbons (Fsp3) is 0.200. The van der Waals surface area contributed by atoms with Crippen molar-refractivity contribution in [1.82, 2.24) is 0 Å². The van der Waals surface area contributed by atoms with Crippen LogP contribution in [0.1, 0.15) is 23.2 Å². The monoisotopic (exact) mass is 688 g/mol. The van der Waals surface area contributed by atoms with Gasteiger partial charge in [0.25, 0.3) is 0 Å². The van der Waals surface area contributed by atoms with E-state index in [0.29, 0.717) is 17.2 Å². The van der Waals surface area contributed by atoms with Gasteiger partial charge in [-0.1, -0.05) is 113 Å². The summed E-state index contributed by atoms with van der Waals surface area (Å²) >= 11 is -0.346. The minimum Gasteiger partial charge on any atom is -0.672 e. The second-order valence-electron chi connectivity index (χ2n) is 8.09. The molecule has 0 amide bonds. The van der Waals surface area contributed by atoms with Gasteiger partial charge < -0.3 is 20.9 Å². The van der Waals surface area contributed by atoms with Crippen molar-refractivity contribution < 1.29 is 24.6 Å². The molecule has 4 aromatic rings. The van der Waals surface area contributed by atoms with Crippen LogP contribution < -0.4 is 20.1 Å². The average molecular weight is 689 g/mol. The van der Waals surface area contributed by atoms with Crippen LogP contribution in [0.5, 0.6) is 11.5 Å². The van der Waals surface area contributed by atoms with E-state index in [4.69, 9.17) is 40.3 Å². The summed E-state index contributed by atoms with van der Waals surface area (Å²) in [5.74, 6) is 1.83. The van der Waals surface area contributed by atoms with Crippen molar-refractivity contribution in [2.24, 2.45) is 0 Å². The summed E-state index contributed by atoms with van der Waals surface area (Å²) in [6, 6.07) is 30.6. The molecule has 0 saturated heterocycles. The van der Waals surface area contributed by atoms with Gasteiger partial charge >= 0.3 is 34.5 Å². The SMILES string of the molecule is COc1cccc(PC)c1-c1c(OC)cccc1PC.[Cl][Ru+2][Cl].[NH-][C@H](c1ccccc1)[C@H]([NH-])c1ccccc1. The second kappa shape index (κ2) is 18.7. The number of ether oxygens (including phenoxy) is 2. The average Bonchev–Trinajstić information content (AvgIpc) is 3.01. The van der Waals surface area contributed by atoms with Gasteiger partial charge in [-0.15, -0.1) is 12.1 Å². The predicted molar refractivity (Wildman–Crippen MR) is 171 cm³/mol. The van der Waals surface area contributed by atoms with E-state index >= 15 is 0 Å². The maximum atomic E-state index is 8.07. The number of methoxy groups -OCH3 is 2. The Morgan fingerprint density at radius 1 is 0.590 bits per heavy atom. The Morgan fingerprint density at radius 2 is 0.923 bits per heavy atom. The zero-order valence-corrected chi connectivity index (χ0v) is 27.6. The Bertz CT molecular complexity index is 1110. The van der Waals surface area contributed by atoms with E-state index in [-0.39, 0.29) is 15.1 Å². The smallest absolute Gasteiger partial charge is 0.0606 e. The van der Waals surface area contributed by atoms with Crippen LogP contribution in [0.4, 0.5) is 0 Å². The summed E-state index contributed by atoms with van der Waals surface area (Å²) in [5.41, 5.74) is 20.3. The molecule has 39 heavy (non-hydrogen) atoms. The van der Waals surface area contributed by atoms with Crippen LogP contribution in [0.25, 0.3) is 22.6 Å². The van der Waals surface area contributed by atoms with Gasteiger partial charge in [-0.25, -0.2) is 0 Å². The summed E-state index contributed by atoms with van der Waals surface area (Å²) in [7, 11) is 14.6. The van der Waals surface area contributed by atoms with Crippen LogP contribution in [0.3, 0.4) is 0 Å². The van der Waals surface area contributed by atoms with Crippen molar-refractivity contribution in [2.75, 3.05) is 27.5 Å². The van der Waals surface area contributed by atoms with Crippen LogP contribution in [0.15, 0.2) is 97.1 Å². The molecule has 0 spiro atoms. The fourth-order valence-corrected chi connectivity index (χ4v) is 5.56. The number of halogens is 2. The first kappa shape index (κ1) is 33.7. The third-order valence-electron chi connectivity index (χ3n) is 5.93. The largest absolute Gasteiger partial charge is 0.672 e. The Morgan fingerprint density at radius 3 is 1.21 bits per heavy atom. The molecule has 0 aliphatic rings. The summed E-state index contributed by atoms with van der Waals surface area (Å²) in [6.45, 7) is 4.39. The summed E-state index contributed by atoms with van der Waals surface area (Å²) in [6.07, 6.45) is 0. The molecular formula is C30H34Cl2N2O2P2Ru. The van der Waals surface area contributed by atoms with E-state index in [1.54, 1.807) is 14.2 Å². The van der Waals surface area contributed by atoms with Crippen LogP contribution in [0, 0.1) is 0 Å². The molecule has 0 aromatic heterocycles. The van der Waals surface area contributed by atoms with Gasteiger partial charge in [-0.3, -0.25) is 0 Å². The van der Waals surface area contributed by atoms with Crippen LogP contribution >= 0.6 is 36.5 Å². The number of nitrogens with one attached hydrogen (secondary N) is 2. The zero-order valence-electron chi connectivity index (χ0n) is 22.3. The Balaban J connectivity index is 0.000000253. The molecule has 0 heterocycles. The molecule has 0 aliphatic carbocycles. The van der Waals surface area contributed by atoms with Gasteiger partial charge in [0, 0.05) is 11.1 Å². The van der Waals surface area contributed by atoms with Gasteiger partial charge in [-0.2, -0.15) is 0 Å². The Labute approximate surface area is 252 Å². The Hall–Kier alpha value is -1.54. The van der Waals surface area contributed by atoms with Crippen LogP contribution in [0.2, 0.25) is 0 Å². The van der Waals surface area contributed by atoms with Crippen molar-refractivity contribution in [3.8, 4) is 22.6 Å². The molecule has 0 fully saturated rings. The predicted octanol–water partition coefficient (Wildman–Crippen LogP) is 9.19. The van der Waals surface area contributed by atoms with Gasteiger partial charge in [0.15, 0.2) is 0 Å². The molecule has 0 aliphatic heterocycles. The van der Waals surface area contributed by atoms with E-state index in [1.165, 1.54) is 21.7 Å². The van der Waals surface area contributed by atoms with Gasteiger partial charge in [0.1, 0.15) is 11.5 Å². The minimum absolute atomic E-state index is 0.346. The third kappa shape index (κ3) is 9.80. The molecule has 2 N–H and O–H groups in total. The minimum atomic E-state index is -0.524. The number of rotatable bonds is 8. The van der Waals surface area contributed by atoms with Crippen molar-refractivity contribution in [1.29, 1.82) is 0 Å². The molecule has 4 aromatic carbocycles. The third-order valence-corrected chi connectivity index (χ3v) is 7.84. The molecule has 208 valence electrons. The topological polar surface area (TPSA) is 66.1 Å². The maximum Gasteiger partial charge on any atom is -0.0606 e. The van der Waals surface area contributed by atoms with Crippen LogP contribution in [-0.4, -0.2) is 27.5 Å². The van der Waals surface area contributed by atoms with E-state index < -0.39 is 12.1 Å². The molecular weight excluding hydrogens is 654 g/mol. The van der Waals surface area contributed by atoms with Gasteiger partial charge in [0.2, 0.25) is 0 Å². The quantitative estimate of drug-likeness (QED) is 0.137. The second-order valence-corrected chi connectivity index (χ2v) is 12.8. The summed E-state index contributed by atoms with van der Waals surface area (Å²) < 4.78 is 11.2. The van der Waals surface area contributed by atoms with E-state index in [9.17, 15) is 0 Å². The van der Waals surface area contributed by atoms with E-state index in [1.807, 2.05) is 72.8 Å². The fourth-order valence-electron chi connectivity index (χ4n) is 4.04. The number of benzene rings is 4. The normalized spacial score (nSPS) is 12.3. The van der Waals surface area contributed by atoms with Gasteiger partial charge in [-0.05, 0) is 36.1 Å². The van der Waals surface area contributed by atoms with Crippen molar-refractivity contribution >= 4 is 47.2 Å². The first-order valence-electron chi connectivity index (χ1n) is 12.0. The first-order valence-corrected chi connectivity index (χ1v) is 19.5. The van der Waals surface area contributed by atoms with Crippen molar-refractivity contribution in [3.05, 3.63) is 120 Å². The zero-order chi connectivity index (χ0) is 28.6. The molecule has 2 unspecified atom stereocenters. The number of hydrogen-bond donors (Lipinski definition) is 0. The summed E-state index contributed by atoms with van der Waals surface area (Å²) in [4.78, 5) is 0. The molecule has 0 saturated carbocycles.